The van der Waals surface area contributed by atoms with E-state index in [1.165, 1.54) is 5.56 Å². The van der Waals surface area contributed by atoms with Gasteiger partial charge in [-0.15, -0.1) is 0 Å². The maximum atomic E-state index is 11.2. The summed E-state index contributed by atoms with van der Waals surface area (Å²) in [7, 11) is 1.67. The fourth-order valence-corrected chi connectivity index (χ4v) is 2.89. The SMILES string of the molecule is COc1ccc(C(C)NC2CCC(C(N)=O)CC2)cc1. The highest BCUT2D eigenvalue weighted by Crippen LogP contribution is 2.26. The van der Waals surface area contributed by atoms with E-state index in [2.05, 4.69) is 24.4 Å². The van der Waals surface area contributed by atoms with E-state index in [0.29, 0.717) is 12.1 Å². The average molecular weight is 276 g/mol. The van der Waals surface area contributed by atoms with Crippen LogP contribution in [0.2, 0.25) is 0 Å². The van der Waals surface area contributed by atoms with Crippen molar-refractivity contribution in [1.82, 2.24) is 5.32 Å². The molecule has 0 aromatic heterocycles. The van der Waals surface area contributed by atoms with E-state index in [0.717, 1.165) is 31.4 Å². The lowest BCUT2D eigenvalue weighted by molar-refractivity contribution is -0.122. The molecule has 1 unspecified atom stereocenters. The van der Waals surface area contributed by atoms with Gasteiger partial charge in [-0.1, -0.05) is 12.1 Å². The molecule has 0 spiro atoms. The van der Waals surface area contributed by atoms with Crippen LogP contribution < -0.4 is 15.8 Å². The van der Waals surface area contributed by atoms with E-state index in [9.17, 15) is 4.79 Å². The van der Waals surface area contributed by atoms with E-state index in [1.54, 1.807) is 7.11 Å². The van der Waals surface area contributed by atoms with Crippen molar-refractivity contribution in [2.75, 3.05) is 7.11 Å². The van der Waals surface area contributed by atoms with E-state index >= 15 is 0 Å². The van der Waals surface area contributed by atoms with Crippen molar-refractivity contribution in [1.29, 1.82) is 0 Å². The largest absolute Gasteiger partial charge is 0.497 e. The van der Waals surface area contributed by atoms with Gasteiger partial charge >= 0.3 is 0 Å². The standard InChI is InChI=1S/C16H24N2O2/c1-11(12-5-9-15(20-2)10-6-12)18-14-7-3-13(4-8-14)16(17)19/h5-6,9-11,13-14,18H,3-4,7-8H2,1-2H3,(H2,17,19). The van der Waals surface area contributed by atoms with Crippen LogP contribution in [0.3, 0.4) is 0 Å². The Bertz CT molecular complexity index is 436. The van der Waals surface area contributed by atoms with Crippen LogP contribution in [0.4, 0.5) is 0 Å². The molecule has 1 saturated carbocycles. The van der Waals surface area contributed by atoms with Gasteiger partial charge in [0.1, 0.15) is 5.75 Å². The van der Waals surface area contributed by atoms with Crippen molar-refractivity contribution >= 4 is 5.91 Å². The molecule has 1 aliphatic carbocycles. The average Bonchev–Trinajstić information content (AvgIpc) is 2.48. The molecule has 1 amide bonds. The van der Waals surface area contributed by atoms with Crippen LogP contribution in [0.15, 0.2) is 24.3 Å². The van der Waals surface area contributed by atoms with Crippen molar-refractivity contribution in [3.05, 3.63) is 29.8 Å². The van der Waals surface area contributed by atoms with E-state index in [-0.39, 0.29) is 11.8 Å². The quantitative estimate of drug-likeness (QED) is 0.868. The van der Waals surface area contributed by atoms with Gasteiger partial charge in [0.2, 0.25) is 5.91 Å². The van der Waals surface area contributed by atoms with Crippen LogP contribution in [-0.4, -0.2) is 19.1 Å². The van der Waals surface area contributed by atoms with Crippen molar-refractivity contribution in [2.24, 2.45) is 11.7 Å². The highest BCUT2D eigenvalue weighted by atomic mass is 16.5. The summed E-state index contributed by atoms with van der Waals surface area (Å²) >= 11 is 0. The smallest absolute Gasteiger partial charge is 0.220 e. The summed E-state index contributed by atoms with van der Waals surface area (Å²) in [4.78, 5) is 11.2. The molecule has 1 aromatic carbocycles. The normalized spacial score (nSPS) is 24.1. The molecule has 0 radical (unpaired) electrons. The zero-order valence-electron chi connectivity index (χ0n) is 12.3. The van der Waals surface area contributed by atoms with Crippen molar-refractivity contribution in [2.45, 2.75) is 44.7 Å². The molecule has 1 aliphatic rings. The number of nitrogens with one attached hydrogen (secondary N) is 1. The molecule has 4 nitrogen and oxygen atoms in total. The van der Waals surface area contributed by atoms with Gasteiger partial charge in [-0.05, 0) is 50.3 Å². The number of rotatable bonds is 5. The topological polar surface area (TPSA) is 64.3 Å². The Kier molecular flexibility index (Phi) is 5.01. The first-order valence-electron chi connectivity index (χ1n) is 7.29. The lowest BCUT2D eigenvalue weighted by atomic mass is 9.85. The summed E-state index contributed by atoms with van der Waals surface area (Å²) in [5.74, 6) is 0.805. The van der Waals surface area contributed by atoms with Gasteiger partial charge < -0.3 is 15.8 Å². The predicted molar refractivity (Wildman–Crippen MR) is 79.5 cm³/mol. The second-order valence-electron chi connectivity index (χ2n) is 5.61. The third kappa shape index (κ3) is 3.73. The first-order valence-corrected chi connectivity index (χ1v) is 7.29. The van der Waals surface area contributed by atoms with Crippen molar-refractivity contribution < 1.29 is 9.53 Å². The number of ether oxygens (including phenoxy) is 1. The number of benzene rings is 1. The number of carbonyl (C=O) groups is 1. The van der Waals surface area contributed by atoms with E-state index in [4.69, 9.17) is 10.5 Å². The summed E-state index contributed by atoms with van der Waals surface area (Å²) in [5.41, 5.74) is 6.61. The van der Waals surface area contributed by atoms with Crippen LogP contribution >= 0.6 is 0 Å². The molecular formula is C16H24N2O2. The van der Waals surface area contributed by atoms with Crippen LogP contribution in [0.25, 0.3) is 0 Å². The number of primary amides is 1. The molecule has 1 aromatic rings. The fourth-order valence-electron chi connectivity index (χ4n) is 2.89. The number of nitrogens with two attached hydrogens (primary N) is 1. The Morgan fingerprint density at radius 3 is 2.35 bits per heavy atom. The predicted octanol–water partition coefficient (Wildman–Crippen LogP) is 2.39. The minimum Gasteiger partial charge on any atom is -0.497 e. The Hall–Kier alpha value is -1.55. The second kappa shape index (κ2) is 6.75. The molecule has 0 saturated heterocycles. The third-order valence-electron chi connectivity index (χ3n) is 4.23. The molecule has 110 valence electrons. The second-order valence-corrected chi connectivity index (χ2v) is 5.61. The van der Waals surface area contributed by atoms with Gasteiger partial charge in [0, 0.05) is 18.0 Å². The Morgan fingerprint density at radius 2 is 1.85 bits per heavy atom. The minimum absolute atomic E-state index is 0.0735. The molecule has 0 aliphatic heterocycles. The number of amides is 1. The van der Waals surface area contributed by atoms with Crippen molar-refractivity contribution in [3.63, 3.8) is 0 Å². The minimum atomic E-state index is -0.147. The number of methoxy groups -OCH3 is 1. The van der Waals surface area contributed by atoms with Crippen LogP contribution in [-0.2, 0) is 4.79 Å². The highest BCUT2D eigenvalue weighted by Gasteiger charge is 2.25. The Labute approximate surface area is 120 Å². The van der Waals surface area contributed by atoms with E-state index in [1.807, 2.05) is 12.1 Å². The molecule has 1 fully saturated rings. The molecular weight excluding hydrogens is 252 g/mol. The number of hydrogen-bond donors (Lipinski definition) is 2. The monoisotopic (exact) mass is 276 g/mol. The van der Waals surface area contributed by atoms with Gasteiger partial charge in [-0.25, -0.2) is 0 Å². The Morgan fingerprint density at radius 1 is 1.25 bits per heavy atom. The van der Waals surface area contributed by atoms with Crippen molar-refractivity contribution in [3.8, 4) is 5.75 Å². The fraction of sp³-hybridized carbons (Fsp3) is 0.562. The molecule has 2 rings (SSSR count). The van der Waals surface area contributed by atoms with Gasteiger partial charge in [0.05, 0.1) is 7.11 Å². The zero-order chi connectivity index (χ0) is 14.5. The molecule has 0 heterocycles. The third-order valence-corrected chi connectivity index (χ3v) is 4.23. The molecule has 20 heavy (non-hydrogen) atoms. The lowest BCUT2D eigenvalue weighted by Crippen LogP contribution is -2.37. The molecule has 1 atom stereocenters. The Balaban J connectivity index is 1.85. The summed E-state index contributed by atoms with van der Waals surface area (Å²) in [5, 5.41) is 3.64. The van der Waals surface area contributed by atoms with E-state index < -0.39 is 0 Å². The lowest BCUT2D eigenvalue weighted by Gasteiger charge is -2.30. The summed E-state index contributed by atoms with van der Waals surface area (Å²) in [6, 6.07) is 8.92. The summed E-state index contributed by atoms with van der Waals surface area (Å²) < 4.78 is 5.17. The van der Waals surface area contributed by atoms with Crippen LogP contribution in [0.5, 0.6) is 5.75 Å². The highest BCUT2D eigenvalue weighted by molar-refractivity contribution is 5.76. The van der Waals surface area contributed by atoms with Crippen LogP contribution in [0, 0.1) is 5.92 Å². The molecule has 4 heteroatoms. The summed E-state index contributed by atoms with van der Waals surface area (Å²) in [6.07, 6.45) is 3.85. The maximum absolute atomic E-state index is 11.2. The molecule has 3 N–H and O–H groups in total. The van der Waals surface area contributed by atoms with Crippen LogP contribution in [0.1, 0.15) is 44.2 Å². The van der Waals surface area contributed by atoms with Gasteiger partial charge in [0.15, 0.2) is 0 Å². The number of carbonyl (C=O) groups excluding carboxylic acids is 1. The van der Waals surface area contributed by atoms with Gasteiger partial charge in [-0.2, -0.15) is 0 Å². The zero-order valence-corrected chi connectivity index (χ0v) is 12.3. The van der Waals surface area contributed by atoms with Gasteiger partial charge in [0.25, 0.3) is 0 Å². The van der Waals surface area contributed by atoms with Gasteiger partial charge in [-0.3, -0.25) is 4.79 Å². The maximum Gasteiger partial charge on any atom is 0.220 e. The number of hydrogen-bond acceptors (Lipinski definition) is 3. The molecule has 0 bridgehead atoms. The first kappa shape index (κ1) is 14.9. The summed E-state index contributed by atoms with van der Waals surface area (Å²) in [6.45, 7) is 2.17. The first-order chi connectivity index (χ1) is 9.60.